The molecular formula is C13H11BrClN3O. The van der Waals surface area contributed by atoms with Crippen molar-refractivity contribution >= 4 is 38.6 Å². The zero-order valence-electron chi connectivity index (χ0n) is 10.0. The lowest BCUT2D eigenvalue weighted by molar-refractivity contribution is 0.376. The number of alkyl halides is 1. The summed E-state index contributed by atoms with van der Waals surface area (Å²) in [5.41, 5.74) is 2.02. The summed E-state index contributed by atoms with van der Waals surface area (Å²) in [4.78, 5) is 4.62. The second-order valence-corrected chi connectivity index (χ2v) is 5.46. The highest BCUT2D eigenvalue weighted by Gasteiger charge is 2.12. The maximum Gasteiger partial charge on any atom is 0.156 e. The van der Waals surface area contributed by atoms with E-state index in [1.165, 1.54) is 0 Å². The smallest absolute Gasteiger partial charge is 0.156 e. The number of benzene rings is 1. The molecule has 0 amide bonds. The van der Waals surface area contributed by atoms with Gasteiger partial charge in [-0.15, -0.1) is 11.6 Å². The van der Waals surface area contributed by atoms with E-state index in [0.717, 1.165) is 33.5 Å². The number of aromatic nitrogens is 3. The van der Waals surface area contributed by atoms with E-state index in [1.54, 1.807) is 6.20 Å². The van der Waals surface area contributed by atoms with Gasteiger partial charge in [-0.25, -0.2) is 4.98 Å². The van der Waals surface area contributed by atoms with Crippen LogP contribution in [0.4, 0.5) is 0 Å². The molecule has 0 aliphatic carbocycles. The zero-order valence-corrected chi connectivity index (χ0v) is 12.4. The summed E-state index contributed by atoms with van der Waals surface area (Å²) in [6.07, 6.45) is 2.37. The number of aryl methyl sites for hydroxylation is 1. The molecule has 0 spiro atoms. The number of hydrogen-bond acceptors (Lipinski definition) is 3. The van der Waals surface area contributed by atoms with Gasteiger partial charge in [0, 0.05) is 22.8 Å². The summed E-state index contributed by atoms with van der Waals surface area (Å²) in [6, 6.07) is 7.89. The van der Waals surface area contributed by atoms with Crippen molar-refractivity contribution in [1.82, 2.24) is 14.7 Å². The molecule has 6 heteroatoms. The van der Waals surface area contributed by atoms with Crippen molar-refractivity contribution in [2.24, 2.45) is 0 Å². The van der Waals surface area contributed by atoms with Crippen LogP contribution in [0, 0.1) is 0 Å². The summed E-state index contributed by atoms with van der Waals surface area (Å²) in [5.74, 6) is 2.30. The van der Waals surface area contributed by atoms with Crippen molar-refractivity contribution in [1.29, 1.82) is 0 Å². The molecule has 0 bridgehead atoms. The van der Waals surface area contributed by atoms with E-state index in [9.17, 15) is 0 Å². The number of nitrogens with zero attached hydrogens (tertiary/aromatic N) is 3. The normalized spacial score (nSPS) is 11.3. The van der Waals surface area contributed by atoms with E-state index in [4.69, 9.17) is 16.1 Å². The van der Waals surface area contributed by atoms with E-state index >= 15 is 0 Å². The molecule has 1 aromatic carbocycles. The second kappa shape index (κ2) is 5.35. The molecule has 0 radical (unpaired) electrons. The van der Waals surface area contributed by atoms with Gasteiger partial charge in [-0.2, -0.15) is 0 Å². The van der Waals surface area contributed by atoms with Crippen LogP contribution in [0.1, 0.15) is 11.6 Å². The van der Waals surface area contributed by atoms with Crippen LogP contribution in [0.25, 0.3) is 11.0 Å². The van der Waals surface area contributed by atoms with Gasteiger partial charge in [0.1, 0.15) is 5.82 Å². The Bertz CT molecular complexity index is 693. The van der Waals surface area contributed by atoms with Crippen LogP contribution in [0.5, 0.6) is 0 Å². The van der Waals surface area contributed by atoms with Gasteiger partial charge in [0.15, 0.2) is 5.76 Å². The van der Waals surface area contributed by atoms with Gasteiger partial charge in [-0.05, 0) is 18.2 Å². The molecule has 0 atom stereocenters. The molecule has 2 aromatic heterocycles. The van der Waals surface area contributed by atoms with E-state index in [2.05, 4.69) is 36.7 Å². The molecule has 0 fully saturated rings. The van der Waals surface area contributed by atoms with Gasteiger partial charge < -0.3 is 9.09 Å². The van der Waals surface area contributed by atoms with Crippen molar-refractivity contribution in [2.75, 3.05) is 5.88 Å². The number of hydrogen-bond donors (Lipinski definition) is 0. The van der Waals surface area contributed by atoms with Crippen molar-refractivity contribution in [3.05, 3.63) is 46.5 Å². The summed E-state index contributed by atoms with van der Waals surface area (Å²) in [6.45, 7) is 0.610. The van der Waals surface area contributed by atoms with Gasteiger partial charge in [0.25, 0.3) is 0 Å². The molecule has 3 rings (SSSR count). The molecule has 19 heavy (non-hydrogen) atoms. The highest BCUT2D eigenvalue weighted by Crippen LogP contribution is 2.22. The van der Waals surface area contributed by atoms with Crippen LogP contribution in [-0.4, -0.2) is 20.6 Å². The summed E-state index contributed by atoms with van der Waals surface area (Å²) in [7, 11) is 0. The lowest BCUT2D eigenvalue weighted by Gasteiger charge is -2.06. The van der Waals surface area contributed by atoms with Gasteiger partial charge >= 0.3 is 0 Å². The van der Waals surface area contributed by atoms with Crippen LogP contribution in [0.2, 0.25) is 0 Å². The fourth-order valence-corrected chi connectivity index (χ4v) is 2.60. The third-order valence-corrected chi connectivity index (χ3v) is 3.59. The Labute approximate surface area is 123 Å². The van der Waals surface area contributed by atoms with Crippen LogP contribution in [0.3, 0.4) is 0 Å². The van der Waals surface area contributed by atoms with Crippen LogP contribution >= 0.6 is 27.5 Å². The SMILES string of the molecule is ClCCc1nc2ccc(Br)cc2n1Cc1ccno1. The van der Waals surface area contributed by atoms with E-state index in [0.29, 0.717) is 12.4 Å². The third-order valence-electron chi connectivity index (χ3n) is 2.91. The summed E-state index contributed by atoms with van der Waals surface area (Å²) in [5, 5.41) is 3.73. The van der Waals surface area contributed by atoms with Gasteiger partial charge in [0.05, 0.1) is 23.8 Å². The predicted octanol–water partition coefficient (Wildman–Crippen LogP) is 3.62. The summed E-state index contributed by atoms with van der Waals surface area (Å²) >= 11 is 9.34. The van der Waals surface area contributed by atoms with E-state index < -0.39 is 0 Å². The Balaban J connectivity index is 2.12. The molecule has 0 saturated carbocycles. The maximum atomic E-state index is 5.85. The van der Waals surface area contributed by atoms with E-state index in [1.807, 2.05) is 18.2 Å². The monoisotopic (exact) mass is 339 g/mol. The van der Waals surface area contributed by atoms with Crippen molar-refractivity contribution in [3.8, 4) is 0 Å². The van der Waals surface area contributed by atoms with E-state index in [-0.39, 0.29) is 0 Å². The highest BCUT2D eigenvalue weighted by atomic mass is 79.9. The topological polar surface area (TPSA) is 43.9 Å². The number of rotatable bonds is 4. The molecule has 0 N–H and O–H groups in total. The molecule has 0 unspecified atom stereocenters. The second-order valence-electron chi connectivity index (χ2n) is 4.16. The quantitative estimate of drug-likeness (QED) is 0.681. The first-order valence-corrected chi connectivity index (χ1v) is 7.21. The zero-order chi connectivity index (χ0) is 13.2. The average molecular weight is 341 g/mol. The minimum atomic E-state index is 0.543. The Morgan fingerprint density at radius 3 is 2.95 bits per heavy atom. The van der Waals surface area contributed by atoms with Gasteiger partial charge in [0.2, 0.25) is 0 Å². The van der Waals surface area contributed by atoms with Crippen molar-refractivity contribution < 1.29 is 4.52 Å². The minimum absolute atomic E-state index is 0.543. The number of fused-ring (bicyclic) bond motifs is 1. The summed E-state index contributed by atoms with van der Waals surface area (Å²) < 4.78 is 8.31. The fraction of sp³-hybridized carbons (Fsp3) is 0.231. The molecule has 3 aromatic rings. The Kier molecular flexibility index (Phi) is 3.57. The van der Waals surface area contributed by atoms with Gasteiger partial charge in [-0.3, -0.25) is 0 Å². The van der Waals surface area contributed by atoms with Crippen molar-refractivity contribution in [3.63, 3.8) is 0 Å². The Morgan fingerprint density at radius 2 is 2.21 bits per heavy atom. The van der Waals surface area contributed by atoms with Crippen LogP contribution < -0.4 is 0 Å². The standard InChI is InChI=1S/C13H11BrClN3O/c14-9-1-2-11-12(7-9)18(13(17-11)3-5-15)8-10-4-6-16-19-10/h1-2,4,6-7H,3,5,8H2. The Hall–Kier alpha value is -1.33. The van der Waals surface area contributed by atoms with Crippen LogP contribution in [0.15, 0.2) is 39.5 Å². The number of halogens is 2. The predicted molar refractivity (Wildman–Crippen MR) is 77.5 cm³/mol. The maximum absolute atomic E-state index is 5.85. The molecule has 0 saturated heterocycles. The molecule has 4 nitrogen and oxygen atoms in total. The first-order chi connectivity index (χ1) is 9.28. The first kappa shape index (κ1) is 12.7. The minimum Gasteiger partial charge on any atom is -0.359 e. The lowest BCUT2D eigenvalue weighted by Crippen LogP contribution is -2.05. The number of imidazole rings is 1. The fourth-order valence-electron chi connectivity index (χ4n) is 2.08. The molecule has 0 aliphatic heterocycles. The third kappa shape index (κ3) is 2.53. The Morgan fingerprint density at radius 1 is 1.32 bits per heavy atom. The van der Waals surface area contributed by atoms with Gasteiger partial charge in [-0.1, -0.05) is 21.1 Å². The van der Waals surface area contributed by atoms with Crippen molar-refractivity contribution in [2.45, 2.75) is 13.0 Å². The lowest BCUT2D eigenvalue weighted by atomic mass is 10.3. The average Bonchev–Trinajstić information content (AvgIpc) is 3.00. The first-order valence-electron chi connectivity index (χ1n) is 5.88. The highest BCUT2D eigenvalue weighted by molar-refractivity contribution is 9.10. The van der Waals surface area contributed by atoms with Crippen LogP contribution in [-0.2, 0) is 13.0 Å². The largest absolute Gasteiger partial charge is 0.359 e. The molecule has 2 heterocycles. The molecular weight excluding hydrogens is 330 g/mol. The molecule has 0 aliphatic rings. The molecule has 98 valence electrons.